The first-order valence-electron chi connectivity index (χ1n) is 2.71. The molecule has 0 radical (unpaired) electrons. The lowest BCUT2D eigenvalue weighted by atomic mass is 10.8. The average molecular weight is 143 g/mol. The van der Waals surface area contributed by atoms with Crippen LogP contribution in [0.25, 0.3) is 0 Å². The molecular formula is C5H9N3S. The van der Waals surface area contributed by atoms with E-state index in [9.17, 15) is 0 Å². The second-order valence-corrected chi connectivity index (χ2v) is 2.10. The Balaban J connectivity index is 2.36. The number of hydrogen-bond donors (Lipinski definition) is 1. The summed E-state index contributed by atoms with van der Waals surface area (Å²) < 4.78 is 0. The zero-order valence-corrected chi connectivity index (χ0v) is 6.06. The van der Waals surface area contributed by atoms with Crippen LogP contribution < -0.4 is 5.43 Å². The van der Waals surface area contributed by atoms with E-state index in [0.29, 0.717) is 0 Å². The maximum atomic E-state index is 4.68. The van der Waals surface area contributed by atoms with Crippen molar-refractivity contribution in [2.24, 2.45) is 0 Å². The Morgan fingerprint density at radius 3 is 3.00 bits per heavy atom. The third kappa shape index (κ3) is 1.40. The molecule has 0 spiro atoms. The lowest BCUT2D eigenvalue weighted by Gasteiger charge is -2.22. The Kier molecular flexibility index (Phi) is 2.02. The minimum Gasteiger partial charge on any atom is -0.307 e. The van der Waals surface area contributed by atoms with Crippen molar-refractivity contribution in [2.75, 3.05) is 13.6 Å². The van der Waals surface area contributed by atoms with Gasteiger partial charge in [0.05, 0.1) is 6.54 Å². The molecule has 0 aromatic heterocycles. The smallest absolute Gasteiger partial charge is 0.0673 e. The molecule has 1 aliphatic rings. The Morgan fingerprint density at radius 1 is 1.78 bits per heavy atom. The molecule has 9 heavy (non-hydrogen) atoms. The van der Waals surface area contributed by atoms with Crippen molar-refractivity contribution >= 4 is 17.6 Å². The van der Waals surface area contributed by atoms with Crippen molar-refractivity contribution in [1.29, 1.82) is 0 Å². The molecule has 0 atom stereocenters. The summed E-state index contributed by atoms with van der Waals surface area (Å²) in [6, 6.07) is 0. The topological polar surface area (TPSA) is 18.5 Å². The highest BCUT2D eigenvalue weighted by molar-refractivity contribution is 7.79. The van der Waals surface area contributed by atoms with E-state index in [1.807, 2.05) is 29.6 Å². The highest BCUT2D eigenvalue weighted by atomic mass is 32.1. The Morgan fingerprint density at radius 2 is 2.56 bits per heavy atom. The molecule has 0 unspecified atom stereocenters. The van der Waals surface area contributed by atoms with Gasteiger partial charge >= 0.3 is 0 Å². The van der Waals surface area contributed by atoms with Crippen LogP contribution in [-0.2, 0) is 0 Å². The van der Waals surface area contributed by atoms with Crippen molar-refractivity contribution in [3.8, 4) is 0 Å². The highest BCUT2D eigenvalue weighted by Gasteiger charge is 2.07. The van der Waals surface area contributed by atoms with Crippen LogP contribution in [0.2, 0.25) is 0 Å². The van der Waals surface area contributed by atoms with Gasteiger partial charge in [0.25, 0.3) is 0 Å². The predicted molar refractivity (Wildman–Crippen MR) is 40.4 cm³/mol. The van der Waals surface area contributed by atoms with Gasteiger partial charge in [0.1, 0.15) is 0 Å². The van der Waals surface area contributed by atoms with Gasteiger partial charge < -0.3 is 5.43 Å². The summed E-state index contributed by atoms with van der Waals surface area (Å²) in [6.45, 7) is 0.749. The first kappa shape index (κ1) is 6.51. The van der Waals surface area contributed by atoms with Crippen LogP contribution in [0.4, 0.5) is 0 Å². The maximum absolute atomic E-state index is 4.68. The fourth-order valence-electron chi connectivity index (χ4n) is 0.651. The van der Waals surface area contributed by atoms with Crippen LogP contribution in [-0.4, -0.2) is 29.1 Å². The Bertz CT molecular complexity index is 134. The van der Waals surface area contributed by atoms with Gasteiger partial charge in [0, 0.05) is 19.4 Å². The zero-order chi connectivity index (χ0) is 6.69. The Labute approximate surface area is 59.9 Å². The summed E-state index contributed by atoms with van der Waals surface area (Å²) >= 11 is 4.68. The summed E-state index contributed by atoms with van der Waals surface area (Å²) in [4.78, 5) is 0. The summed E-state index contributed by atoms with van der Waals surface area (Å²) in [7, 11) is 1.95. The molecule has 0 fully saturated rings. The van der Waals surface area contributed by atoms with E-state index in [2.05, 4.69) is 17.6 Å². The van der Waals surface area contributed by atoms with Crippen LogP contribution >= 0.6 is 12.2 Å². The average Bonchev–Trinajstić information content (AvgIpc) is 2.18. The molecule has 0 saturated carbocycles. The molecule has 0 saturated heterocycles. The van der Waals surface area contributed by atoms with Gasteiger partial charge in [-0.15, -0.1) is 5.12 Å². The largest absolute Gasteiger partial charge is 0.307 e. The molecule has 0 aromatic rings. The van der Waals surface area contributed by atoms with Gasteiger partial charge in [-0.1, -0.05) is 12.2 Å². The minimum atomic E-state index is 0.749. The van der Waals surface area contributed by atoms with Crippen molar-refractivity contribution in [2.45, 2.75) is 0 Å². The van der Waals surface area contributed by atoms with Crippen LogP contribution in [0.3, 0.4) is 0 Å². The molecule has 0 amide bonds. The van der Waals surface area contributed by atoms with Crippen molar-refractivity contribution in [3.63, 3.8) is 0 Å². The second-order valence-electron chi connectivity index (χ2n) is 1.77. The molecule has 4 heteroatoms. The van der Waals surface area contributed by atoms with E-state index in [1.165, 1.54) is 0 Å². The molecule has 1 N–H and O–H groups in total. The van der Waals surface area contributed by atoms with E-state index in [-0.39, 0.29) is 0 Å². The molecule has 0 aromatic carbocycles. The third-order valence-corrected chi connectivity index (χ3v) is 1.29. The lowest BCUT2D eigenvalue weighted by Crippen LogP contribution is -2.40. The predicted octanol–water partition coefficient (Wildman–Crippen LogP) is 0.124. The molecular weight excluding hydrogens is 134 g/mol. The zero-order valence-electron chi connectivity index (χ0n) is 5.24. The van der Waals surface area contributed by atoms with E-state index in [0.717, 1.165) is 6.54 Å². The van der Waals surface area contributed by atoms with Gasteiger partial charge in [-0.3, -0.25) is 5.01 Å². The molecule has 50 valence electrons. The molecule has 0 aliphatic carbocycles. The number of thiocarbonyl (C=S) groups is 1. The van der Waals surface area contributed by atoms with Crippen LogP contribution in [0.15, 0.2) is 12.4 Å². The number of nitrogens with zero attached hydrogens (tertiary/aromatic N) is 2. The van der Waals surface area contributed by atoms with Crippen molar-refractivity contribution in [3.05, 3.63) is 12.4 Å². The Hall–Kier alpha value is -0.610. The summed E-state index contributed by atoms with van der Waals surface area (Å²) in [5.74, 6) is 0. The minimum absolute atomic E-state index is 0.749. The fourth-order valence-corrected chi connectivity index (χ4v) is 0.792. The third-order valence-electron chi connectivity index (χ3n) is 1.14. The second kappa shape index (κ2) is 2.80. The van der Waals surface area contributed by atoms with Gasteiger partial charge in [-0.2, -0.15) is 0 Å². The normalized spacial score (nSPS) is 18.1. The fraction of sp³-hybridized carbons (Fsp3) is 0.400. The number of nitrogens with one attached hydrogen (secondary N) is 1. The molecule has 1 rings (SSSR count). The summed E-state index contributed by atoms with van der Waals surface area (Å²) in [5.41, 5.74) is 2.99. The van der Waals surface area contributed by atoms with Gasteiger partial charge in [-0.05, 0) is 5.37 Å². The monoisotopic (exact) mass is 143 g/mol. The number of rotatable bonds is 2. The van der Waals surface area contributed by atoms with E-state index in [1.54, 1.807) is 5.37 Å². The van der Waals surface area contributed by atoms with Gasteiger partial charge in [0.2, 0.25) is 0 Å². The van der Waals surface area contributed by atoms with Crippen LogP contribution in [0.1, 0.15) is 0 Å². The maximum Gasteiger partial charge on any atom is 0.0673 e. The lowest BCUT2D eigenvalue weighted by molar-refractivity contribution is 0.0522. The summed E-state index contributed by atoms with van der Waals surface area (Å²) in [5, 5.41) is 5.51. The number of hydrazine groups is 2. The quantitative estimate of drug-likeness (QED) is 0.553. The summed E-state index contributed by atoms with van der Waals surface area (Å²) in [6.07, 6.45) is 3.79. The van der Waals surface area contributed by atoms with Gasteiger partial charge in [-0.25, -0.2) is 0 Å². The van der Waals surface area contributed by atoms with Crippen LogP contribution in [0.5, 0.6) is 0 Å². The van der Waals surface area contributed by atoms with E-state index >= 15 is 0 Å². The molecule has 1 heterocycles. The molecule has 1 aliphatic heterocycles. The van der Waals surface area contributed by atoms with Crippen molar-refractivity contribution in [1.82, 2.24) is 15.6 Å². The van der Waals surface area contributed by atoms with E-state index in [4.69, 9.17) is 0 Å². The number of hydrogen-bond acceptors (Lipinski definition) is 4. The molecule has 3 nitrogen and oxygen atoms in total. The standard InChI is InChI=1S/C5H9N3S/c1-7-3-2-6-8(7)4-5-9/h2-3,5-6H,4H2,1H3. The van der Waals surface area contributed by atoms with Gasteiger partial charge in [0.15, 0.2) is 0 Å². The SMILES string of the molecule is CN1C=CNN1CC=S. The van der Waals surface area contributed by atoms with Crippen molar-refractivity contribution < 1.29 is 0 Å². The van der Waals surface area contributed by atoms with E-state index < -0.39 is 0 Å². The molecule has 0 bridgehead atoms. The first-order chi connectivity index (χ1) is 4.34. The van der Waals surface area contributed by atoms with Crippen LogP contribution in [0, 0.1) is 0 Å². The highest BCUT2D eigenvalue weighted by Crippen LogP contribution is 1.95. The first-order valence-corrected chi connectivity index (χ1v) is 3.18.